The van der Waals surface area contributed by atoms with Crippen molar-refractivity contribution in [1.82, 2.24) is 20.4 Å². The average molecular weight is 248 g/mol. The topological polar surface area (TPSA) is 71.3 Å². The first-order chi connectivity index (χ1) is 8.63. The highest BCUT2D eigenvalue weighted by Crippen LogP contribution is 2.17. The third kappa shape index (κ3) is 2.33. The van der Waals surface area contributed by atoms with Crippen LogP contribution in [0.4, 0.5) is 0 Å². The molecule has 2 heterocycles. The van der Waals surface area contributed by atoms with Crippen LogP contribution in [0.5, 0.6) is 0 Å². The number of hydrogen-bond donors (Lipinski definition) is 1. The fraction of sp³-hybridized carbons (Fsp3) is 0.417. The Morgan fingerprint density at radius 2 is 2.33 bits per heavy atom. The molecule has 0 unspecified atom stereocenters. The van der Waals surface area contributed by atoms with Gasteiger partial charge in [0.15, 0.2) is 0 Å². The number of nitrogens with zero attached hydrogens (tertiary/aromatic N) is 3. The highest BCUT2D eigenvalue weighted by Gasteiger charge is 2.14. The summed E-state index contributed by atoms with van der Waals surface area (Å²) in [7, 11) is 3.62. The zero-order valence-electron chi connectivity index (χ0n) is 10.7. The van der Waals surface area contributed by atoms with E-state index in [1.54, 1.807) is 18.0 Å². The minimum Gasteiger partial charge on any atom is -0.340 e. The van der Waals surface area contributed by atoms with Crippen LogP contribution in [-0.4, -0.2) is 48.1 Å². The highest BCUT2D eigenvalue weighted by atomic mass is 16.5. The highest BCUT2D eigenvalue weighted by molar-refractivity contribution is 5.96. The lowest BCUT2D eigenvalue weighted by atomic mass is 10.2. The van der Waals surface area contributed by atoms with Crippen LogP contribution in [0.15, 0.2) is 16.8 Å². The molecular weight excluding hydrogens is 232 g/mol. The van der Waals surface area contributed by atoms with Crippen molar-refractivity contribution >= 4 is 17.0 Å². The number of rotatable bonds is 4. The van der Waals surface area contributed by atoms with E-state index >= 15 is 0 Å². The maximum absolute atomic E-state index is 12.1. The van der Waals surface area contributed by atoms with Gasteiger partial charge in [-0.15, -0.1) is 0 Å². The maximum atomic E-state index is 12.1. The fourth-order valence-electron chi connectivity index (χ4n) is 1.66. The summed E-state index contributed by atoms with van der Waals surface area (Å²) in [5.74, 6) is -0.0553. The van der Waals surface area contributed by atoms with Crippen molar-refractivity contribution in [2.24, 2.45) is 0 Å². The molecule has 2 aromatic heterocycles. The molecule has 0 spiro atoms. The van der Waals surface area contributed by atoms with Crippen molar-refractivity contribution in [1.29, 1.82) is 0 Å². The van der Waals surface area contributed by atoms with Crippen LogP contribution in [-0.2, 0) is 0 Å². The van der Waals surface area contributed by atoms with E-state index in [0.717, 1.165) is 17.6 Å². The largest absolute Gasteiger partial charge is 0.340 e. The number of aromatic nitrogens is 2. The summed E-state index contributed by atoms with van der Waals surface area (Å²) in [5.41, 5.74) is 1.75. The molecule has 0 aliphatic carbocycles. The van der Waals surface area contributed by atoms with Crippen LogP contribution in [0, 0.1) is 6.92 Å². The predicted octanol–water partition coefficient (Wildman–Crippen LogP) is 0.823. The number of pyridine rings is 1. The zero-order valence-corrected chi connectivity index (χ0v) is 10.7. The van der Waals surface area contributed by atoms with E-state index in [1.807, 2.05) is 14.0 Å². The first-order valence-corrected chi connectivity index (χ1v) is 5.75. The molecule has 1 amide bonds. The second-order valence-electron chi connectivity index (χ2n) is 4.17. The molecule has 1 N–H and O–H groups in total. The molecule has 6 nitrogen and oxygen atoms in total. The average Bonchev–Trinajstić information content (AvgIpc) is 2.76. The molecule has 96 valence electrons. The van der Waals surface area contributed by atoms with Crippen LogP contribution in [0.2, 0.25) is 0 Å². The third-order valence-electron chi connectivity index (χ3n) is 2.80. The Morgan fingerprint density at radius 3 is 3.06 bits per heavy atom. The minimum atomic E-state index is -0.0553. The molecule has 6 heteroatoms. The Labute approximate surface area is 105 Å². The van der Waals surface area contributed by atoms with E-state index in [4.69, 9.17) is 4.52 Å². The molecule has 0 saturated heterocycles. The number of amides is 1. The van der Waals surface area contributed by atoms with Gasteiger partial charge in [0, 0.05) is 26.3 Å². The number of hydrogen-bond acceptors (Lipinski definition) is 5. The van der Waals surface area contributed by atoms with E-state index in [9.17, 15) is 4.79 Å². The lowest BCUT2D eigenvalue weighted by Gasteiger charge is -2.16. The molecule has 0 fully saturated rings. The summed E-state index contributed by atoms with van der Waals surface area (Å²) in [6.45, 7) is 3.23. The van der Waals surface area contributed by atoms with Crippen molar-refractivity contribution in [2.45, 2.75) is 6.92 Å². The van der Waals surface area contributed by atoms with Crippen LogP contribution in [0.25, 0.3) is 11.1 Å². The van der Waals surface area contributed by atoms with Gasteiger partial charge >= 0.3 is 0 Å². The van der Waals surface area contributed by atoms with Crippen LogP contribution in [0.1, 0.15) is 16.1 Å². The monoisotopic (exact) mass is 248 g/mol. The molecule has 0 saturated carbocycles. The van der Waals surface area contributed by atoms with Crippen molar-refractivity contribution in [3.63, 3.8) is 0 Å². The summed E-state index contributed by atoms with van der Waals surface area (Å²) >= 11 is 0. The standard InChI is InChI=1S/C12H16N4O2/c1-8-10-6-9(7-14-11(10)18-15-8)12(17)16(3)5-4-13-2/h6-7,13H,4-5H2,1-3H3. The third-order valence-corrected chi connectivity index (χ3v) is 2.80. The molecule has 0 bridgehead atoms. The molecule has 2 rings (SSSR count). The summed E-state index contributed by atoms with van der Waals surface area (Å²) in [6.07, 6.45) is 1.52. The van der Waals surface area contributed by atoms with Gasteiger partial charge in [0.25, 0.3) is 11.6 Å². The molecule has 18 heavy (non-hydrogen) atoms. The lowest BCUT2D eigenvalue weighted by molar-refractivity contribution is 0.0796. The van der Waals surface area contributed by atoms with Gasteiger partial charge in [-0.05, 0) is 20.0 Å². The lowest BCUT2D eigenvalue weighted by Crippen LogP contribution is -2.32. The SMILES string of the molecule is CNCCN(C)C(=O)c1cnc2onc(C)c2c1. The van der Waals surface area contributed by atoms with Gasteiger partial charge in [0.2, 0.25) is 0 Å². The zero-order chi connectivity index (χ0) is 13.1. The number of carbonyl (C=O) groups is 1. The fourth-order valence-corrected chi connectivity index (χ4v) is 1.66. The van der Waals surface area contributed by atoms with Crippen molar-refractivity contribution in [3.05, 3.63) is 23.5 Å². The summed E-state index contributed by atoms with van der Waals surface area (Å²) in [4.78, 5) is 17.9. The first kappa shape index (κ1) is 12.5. The van der Waals surface area contributed by atoms with Gasteiger partial charge in [-0.1, -0.05) is 5.16 Å². The Hall–Kier alpha value is -1.95. The Morgan fingerprint density at radius 1 is 1.56 bits per heavy atom. The van der Waals surface area contributed by atoms with Gasteiger partial charge in [-0.2, -0.15) is 0 Å². The predicted molar refractivity (Wildman–Crippen MR) is 67.4 cm³/mol. The molecule has 0 aliphatic heterocycles. The van der Waals surface area contributed by atoms with E-state index in [0.29, 0.717) is 17.8 Å². The van der Waals surface area contributed by atoms with Gasteiger partial charge in [0.05, 0.1) is 16.6 Å². The van der Waals surface area contributed by atoms with Crippen molar-refractivity contribution < 1.29 is 9.32 Å². The van der Waals surface area contributed by atoms with Crippen LogP contribution < -0.4 is 5.32 Å². The maximum Gasteiger partial charge on any atom is 0.257 e. The Bertz CT molecular complexity index is 564. The van der Waals surface area contributed by atoms with Gasteiger partial charge < -0.3 is 14.7 Å². The van der Waals surface area contributed by atoms with Crippen molar-refractivity contribution in [2.75, 3.05) is 27.2 Å². The number of aryl methyl sites for hydroxylation is 1. The van der Waals surface area contributed by atoms with E-state index in [1.165, 1.54) is 6.20 Å². The van der Waals surface area contributed by atoms with E-state index < -0.39 is 0 Å². The number of likely N-dealkylation sites (N-methyl/N-ethyl adjacent to an activating group) is 2. The van der Waals surface area contributed by atoms with Gasteiger partial charge in [0.1, 0.15) is 0 Å². The summed E-state index contributed by atoms with van der Waals surface area (Å²) < 4.78 is 5.01. The Balaban J connectivity index is 2.24. The van der Waals surface area contributed by atoms with E-state index in [2.05, 4.69) is 15.5 Å². The second kappa shape index (κ2) is 5.14. The van der Waals surface area contributed by atoms with Gasteiger partial charge in [-0.3, -0.25) is 4.79 Å². The smallest absolute Gasteiger partial charge is 0.257 e. The Kier molecular flexibility index (Phi) is 3.57. The van der Waals surface area contributed by atoms with Gasteiger partial charge in [-0.25, -0.2) is 4.98 Å². The minimum absolute atomic E-state index is 0.0553. The first-order valence-electron chi connectivity index (χ1n) is 5.75. The summed E-state index contributed by atoms with van der Waals surface area (Å²) in [6, 6.07) is 1.77. The normalized spacial score (nSPS) is 10.8. The molecule has 0 aromatic carbocycles. The number of nitrogens with one attached hydrogen (secondary N) is 1. The van der Waals surface area contributed by atoms with Crippen LogP contribution >= 0.6 is 0 Å². The quantitative estimate of drug-likeness (QED) is 0.867. The molecule has 2 aromatic rings. The number of carbonyl (C=O) groups excluding carboxylic acids is 1. The molecule has 0 aliphatic rings. The molecule has 0 radical (unpaired) electrons. The van der Waals surface area contributed by atoms with E-state index in [-0.39, 0.29) is 5.91 Å². The van der Waals surface area contributed by atoms with Crippen molar-refractivity contribution in [3.8, 4) is 0 Å². The molecular formula is C12H16N4O2. The molecule has 0 atom stereocenters. The number of fused-ring (bicyclic) bond motifs is 1. The summed E-state index contributed by atoms with van der Waals surface area (Å²) in [5, 5.41) is 7.60. The second-order valence-corrected chi connectivity index (χ2v) is 4.17. The van der Waals surface area contributed by atoms with Crippen LogP contribution in [0.3, 0.4) is 0 Å².